The van der Waals surface area contributed by atoms with Gasteiger partial charge in [0.05, 0.1) is 34.2 Å². The van der Waals surface area contributed by atoms with E-state index >= 15 is 8.78 Å². The minimum atomic E-state index is -1.03. The van der Waals surface area contributed by atoms with Gasteiger partial charge in [0.2, 0.25) is 0 Å². The summed E-state index contributed by atoms with van der Waals surface area (Å²) in [5.41, 5.74) is 5.51. The van der Waals surface area contributed by atoms with Crippen LogP contribution >= 0.6 is 0 Å². The Balaban J connectivity index is 1.39. The Morgan fingerprint density at radius 2 is 0.684 bits per heavy atom. The second-order valence-electron chi connectivity index (χ2n) is 14.1. The van der Waals surface area contributed by atoms with Crippen LogP contribution in [-0.2, 0) is 5.41 Å². The Bertz CT molecular complexity index is 2390. The zero-order valence-corrected chi connectivity index (χ0v) is 31.1. The van der Waals surface area contributed by atoms with Gasteiger partial charge in [-0.05, 0) is 111 Å². The molecule has 57 heavy (non-hydrogen) atoms. The van der Waals surface area contributed by atoms with Crippen molar-refractivity contribution >= 4 is 34.1 Å². The van der Waals surface area contributed by atoms with E-state index in [4.69, 9.17) is 9.97 Å². The van der Waals surface area contributed by atoms with Crippen molar-refractivity contribution < 1.29 is 17.6 Å². The highest BCUT2D eigenvalue weighted by Gasteiger charge is 2.31. The van der Waals surface area contributed by atoms with Crippen molar-refractivity contribution in [1.29, 1.82) is 0 Å². The van der Waals surface area contributed by atoms with Crippen LogP contribution in [0, 0.1) is 23.3 Å². The van der Waals surface area contributed by atoms with Gasteiger partial charge < -0.3 is 9.80 Å². The van der Waals surface area contributed by atoms with Crippen molar-refractivity contribution in [1.82, 2.24) is 9.97 Å². The molecule has 4 nitrogen and oxygen atoms in total. The lowest BCUT2D eigenvalue weighted by atomic mass is 9.83. The minimum Gasteiger partial charge on any atom is -0.310 e. The number of hydrogen-bond donors (Lipinski definition) is 0. The first-order valence-corrected chi connectivity index (χ1v) is 18.4. The Hall–Kier alpha value is -7.06. The summed E-state index contributed by atoms with van der Waals surface area (Å²) in [5, 5.41) is 0. The molecule has 0 saturated heterocycles. The number of para-hydroxylation sites is 4. The van der Waals surface area contributed by atoms with Crippen molar-refractivity contribution in [3.05, 3.63) is 217 Å². The Labute approximate surface area is 329 Å². The molecule has 280 valence electrons. The van der Waals surface area contributed by atoms with E-state index in [1.54, 1.807) is 12.1 Å². The predicted molar refractivity (Wildman–Crippen MR) is 221 cm³/mol. The monoisotopic (exact) mass is 756 g/mol. The number of halogens is 4. The molecule has 0 atom stereocenters. The average Bonchev–Trinajstić information content (AvgIpc) is 3.22. The number of benzene rings is 6. The third-order valence-corrected chi connectivity index (χ3v) is 9.89. The molecule has 0 aliphatic rings. The molecular formula is C49H36F4N4. The maximum absolute atomic E-state index is 15.7. The van der Waals surface area contributed by atoms with E-state index in [1.807, 2.05) is 157 Å². The van der Waals surface area contributed by atoms with Crippen LogP contribution in [0.4, 0.5) is 51.7 Å². The Morgan fingerprint density at radius 1 is 0.368 bits per heavy atom. The summed E-state index contributed by atoms with van der Waals surface area (Å²) in [6, 6.07) is 53.4. The average molecular weight is 757 g/mol. The van der Waals surface area contributed by atoms with Crippen LogP contribution in [0.1, 0.15) is 25.2 Å². The summed E-state index contributed by atoms with van der Waals surface area (Å²) in [5.74, 6) is -2.92. The van der Waals surface area contributed by atoms with Crippen LogP contribution in [0.15, 0.2) is 182 Å². The fourth-order valence-electron chi connectivity index (χ4n) is 6.94. The molecule has 6 aromatic carbocycles. The van der Waals surface area contributed by atoms with Crippen LogP contribution in [0.25, 0.3) is 22.5 Å². The van der Waals surface area contributed by atoms with E-state index in [0.717, 1.165) is 34.9 Å². The number of aromatic nitrogens is 2. The molecule has 0 aliphatic carbocycles. The zero-order chi connectivity index (χ0) is 39.5. The zero-order valence-electron chi connectivity index (χ0n) is 31.1. The fraction of sp³-hybridized carbons (Fsp3) is 0.0612. The topological polar surface area (TPSA) is 32.3 Å². The molecule has 0 unspecified atom stereocenters. The van der Waals surface area contributed by atoms with Crippen molar-refractivity contribution in [2.45, 2.75) is 19.3 Å². The maximum atomic E-state index is 15.7. The van der Waals surface area contributed by atoms with Gasteiger partial charge in [0.25, 0.3) is 0 Å². The van der Waals surface area contributed by atoms with Crippen molar-refractivity contribution in [3.8, 4) is 22.5 Å². The van der Waals surface area contributed by atoms with Crippen molar-refractivity contribution in [2.24, 2.45) is 0 Å². The summed E-state index contributed by atoms with van der Waals surface area (Å²) >= 11 is 0. The second kappa shape index (κ2) is 15.6. The Kier molecular flexibility index (Phi) is 10.1. The van der Waals surface area contributed by atoms with Gasteiger partial charge in [-0.25, -0.2) is 17.6 Å². The molecule has 0 fully saturated rings. The lowest BCUT2D eigenvalue weighted by molar-refractivity contribution is 0.582. The molecule has 0 radical (unpaired) electrons. The number of nitrogens with zero attached hydrogens (tertiary/aromatic N) is 4. The number of anilines is 6. The molecule has 0 amide bonds. The first-order valence-electron chi connectivity index (χ1n) is 18.4. The largest absolute Gasteiger partial charge is 0.310 e. The van der Waals surface area contributed by atoms with Gasteiger partial charge >= 0.3 is 0 Å². The summed E-state index contributed by atoms with van der Waals surface area (Å²) in [6.45, 7) is 3.90. The molecule has 0 bridgehead atoms. The molecule has 8 aromatic rings. The summed E-state index contributed by atoms with van der Waals surface area (Å²) in [7, 11) is 0. The van der Waals surface area contributed by atoms with Gasteiger partial charge in [-0.1, -0.05) is 72.8 Å². The van der Waals surface area contributed by atoms with Gasteiger partial charge in [0.1, 0.15) is 23.3 Å². The van der Waals surface area contributed by atoms with Crippen LogP contribution in [-0.4, -0.2) is 9.97 Å². The fourth-order valence-corrected chi connectivity index (χ4v) is 6.94. The van der Waals surface area contributed by atoms with Crippen molar-refractivity contribution in [2.75, 3.05) is 9.80 Å². The quantitative estimate of drug-likeness (QED) is 0.130. The van der Waals surface area contributed by atoms with Gasteiger partial charge in [0, 0.05) is 51.4 Å². The van der Waals surface area contributed by atoms with Gasteiger partial charge in [-0.2, -0.15) is 0 Å². The molecule has 2 heterocycles. The summed E-state index contributed by atoms with van der Waals surface area (Å²) in [6.07, 6.45) is 0. The number of rotatable bonds is 10. The lowest BCUT2D eigenvalue weighted by Gasteiger charge is -2.31. The predicted octanol–water partition coefficient (Wildman–Crippen LogP) is 13.6. The Morgan fingerprint density at radius 3 is 0.982 bits per heavy atom. The van der Waals surface area contributed by atoms with E-state index in [9.17, 15) is 8.78 Å². The highest BCUT2D eigenvalue weighted by Crippen LogP contribution is 2.43. The summed E-state index contributed by atoms with van der Waals surface area (Å²) < 4.78 is 59.8. The van der Waals surface area contributed by atoms with Crippen LogP contribution in [0.2, 0.25) is 0 Å². The molecular weight excluding hydrogens is 721 g/mol. The van der Waals surface area contributed by atoms with Gasteiger partial charge in [0.15, 0.2) is 0 Å². The maximum Gasteiger partial charge on any atom is 0.135 e. The molecule has 0 N–H and O–H groups in total. The normalized spacial score (nSPS) is 11.3. The molecule has 0 spiro atoms. The van der Waals surface area contributed by atoms with E-state index in [2.05, 4.69) is 0 Å². The van der Waals surface area contributed by atoms with Crippen LogP contribution in [0.5, 0.6) is 0 Å². The molecule has 0 saturated carbocycles. The van der Waals surface area contributed by atoms with E-state index in [-0.39, 0.29) is 22.5 Å². The van der Waals surface area contributed by atoms with Gasteiger partial charge in [-0.3, -0.25) is 9.97 Å². The SMILES string of the molecule is CC(C)(c1cc(N(c2ccccc2)c2ccccc2)cc(-c2ccc(F)cc2F)n1)c1cc(N(c2ccccc2)c2ccccc2)cc(-c2ccc(F)cc2F)n1. The molecule has 0 aliphatic heterocycles. The highest BCUT2D eigenvalue weighted by molar-refractivity contribution is 5.81. The molecule has 8 heteroatoms. The third kappa shape index (κ3) is 7.62. The van der Waals surface area contributed by atoms with E-state index in [0.29, 0.717) is 22.8 Å². The van der Waals surface area contributed by atoms with Crippen LogP contribution < -0.4 is 9.80 Å². The highest BCUT2D eigenvalue weighted by atomic mass is 19.1. The first kappa shape index (κ1) is 36.9. The molecule has 8 rings (SSSR count). The van der Waals surface area contributed by atoms with Gasteiger partial charge in [-0.15, -0.1) is 0 Å². The minimum absolute atomic E-state index is 0.117. The first-order chi connectivity index (χ1) is 27.7. The standard InChI is InChI=1S/C49H36F4N4/c1-49(2,47-31-39(29-45(54-47)41-25-23-33(50)27-43(41)52)56(35-15-7-3-8-16-35)36-17-9-4-10-18-36)48-32-40(30-46(55-48)42-26-24-34(51)28-44(42)53)57(37-19-11-5-12-20-37)38-21-13-6-14-22-38/h3-32H,1-2H3. The van der Waals surface area contributed by atoms with E-state index < -0.39 is 28.7 Å². The molecule has 2 aromatic heterocycles. The second-order valence-corrected chi connectivity index (χ2v) is 14.1. The summed E-state index contributed by atoms with van der Waals surface area (Å²) in [4.78, 5) is 14.2. The third-order valence-electron chi connectivity index (χ3n) is 9.89. The number of pyridine rings is 2. The van der Waals surface area contributed by atoms with Crippen LogP contribution in [0.3, 0.4) is 0 Å². The smallest absolute Gasteiger partial charge is 0.135 e. The number of hydrogen-bond acceptors (Lipinski definition) is 4. The van der Waals surface area contributed by atoms with Crippen molar-refractivity contribution in [3.63, 3.8) is 0 Å². The van der Waals surface area contributed by atoms with E-state index in [1.165, 1.54) is 24.3 Å². The lowest BCUT2D eigenvalue weighted by Crippen LogP contribution is -2.24.